The molecule has 192 valence electrons. The Bertz CT molecular complexity index is 1510. The highest BCUT2D eigenvalue weighted by Crippen LogP contribution is 2.46. The van der Waals surface area contributed by atoms with Crippen molar-refractivity contribution in [2.45, 2.75) is 26.7 Å². The molecule has 0 unspecified atom stereocenters. The number of rotatable bonds is 6. The van der Waals surface area contributed by atoms with E-state index in [9.17, 15) is 9.59 Å². The van der Waals surface area contributed by atoms with Crippen LogP contribution in [-0.2, 0) is 12.8 Å². The Hall–Kier alpha value is -4.98. The van der Waals surface area contributed by atoms with Gasteiger partial charge in [-0.15, -0.1) is 0 Å². The van der Waals surface area contributed by atoms with Crippen molar-refractivity contribution < 1.29 is 19.1 Å². The first-order valence-electron chi connectivity index (χ1n) is 12.3. The highest BCUT2D eigenvalue weighted by molar-refractivity contribution is 6.35. The summed E-state index contributed by atoms with van der Waals surface area (Å²) in [6.45, 7) is 4.06. The van der Waals surface area contributed by atoms with E-state index < -0.39 is 11.6 Å². The third-order valence-corrected chi connectivity index (χ3v) is 6.70. The summed E-state index contributed by atoms with van der Waals surface area (Å²) in [6.07, 6.45) is 1.64. The Morgan fingerprint density at radius 3 is 1.34 bits per heavy atom. The zero-order valence-electron chi connectivity index (χ0n) is 21.1. The van der Waals surface area contributed by atoms with Gasteiger partial charge in [-0.1, -0.05) is 38.1 Å². The lowest BCUT2D eigenvalue weighted by Crippen LogP contribution is -2.26. The number of carbonyl (C=O) groups excluding carboxylic acids is 2. The molecule has 0 spiro atoms. The van der Waals surface area contributed by atoms with Crippen LogP contribution in [0.3, 0.4) is 0 Å². The molecule has 8 N–H and O–H groups in total. The normalized spacial score (nSPS) is 12.2. The van der Waals surface area contributed by atoms with Crippen molar-refractivity contribution in [1.29, 1.82) is 0 Å². The van der Waals surface area contributed by atoms with Crippen LogP contribution >= 0.6 is 0 Å². The second kappa shape index (κ2) is 9.48. The lowest BCUT2D eigenvalue weighted by Gasteiger charge is -2.25. The molecule has 0 bridgehead atoms. The molecule has 0 aliphatic heterocycles. The lowest BCUT2D eigenvalue weighted by atomic mass is 9.80. The molecule has 8 nitrogen and oxygen atoms in total. The quantitative estimate of drug-likeness (QED) is 0.219. The number of carbonyl (C=O) groups is 2. The van der Waals surface area contributed by atoms with Crippen molar-refractivity contribution in [3.63, 3.8) is 0 Å². The highest BCUT2D eigenvalue weighted by Gasteiger charge is 2.38. The maximum atomic E-state index is 13.7. The average molecular weight is 509 g/mol. The monoisotopic (exact) mass is 508 g/mol. The summed E-state index contributed by atoms with van der Waals surface area (Å²) in [7, 11) is 0. The summed E-state index contributed by atoms with van der Waals surface area (Å²) < 4.78 is 12.0. The van der Waals surface area contributed by atoms with Gasteiger partial charge in [-0.3, -0.25) is 9.59 Å². The summed E-state index contributed by atoms with van der Waals surface area (Å²) in [4.78, 5) is 27.5. The number of hydrogen-bond donors (Lipinski definition) is 4. The lowest BCUT2D eigenvalue weighted by molar-refractivity contribution is 0.0981. The molecular weight excluding hydrogens is 480 g/mol. The van der Waals surface area contributed by atoms with Crippen LogP contribution in [0.5, 0.6) is 23.0 Å². The van der Waals surface area contributed by atoms with E-state index in [1.54, 1.807) is 12.1 Å². The molecule has 0 radical (unpaired) electrons. The van der Waals surface area contributed by atoms with Crippen LogP contribution in [0.1, 0.15) is 56.8 Å². The van der Waals surface area contributed by atoms with Crippen LogP contribution in [0.15, 0.2) is 60.7 Å². The van der Waals surface area contributed by atoms with Gasteiger partial charge in [-0.2, -0.15) is 0 Å². The van der Waals surface area contributed by atoms with Crippen molar-refractivity contribution in [3.05, 3.63) is 94.0 Å². The van der Waals surface area contributed by atoms with E-state index in [-0.39, 0.29) is 56.5 Å². The highest BCUT2D eigenvalue weighted by atomic mass is 16.5. The molecule has 0 atom stereocenters. The molecule has 0 saturated carbocycles. The largest absolute Gasteiger partial charge is 0.455 e. The number of hydrogen-bond acceptors (Lipinski definition) is 8. The van der Waals surface area contributed by atoms with Crippen LogP contribution in [0.2, 0.25) is 0 Å². The number of anilines is 4. The third kappa shape index (κ3) is 4.06. The van der Waals surface area contributed by atoms with Crippen LogP contribution in [0, 0.1) is 0 Å². The molecule has 0 amide bonds. The summed E-state index contributed by atoms with van der Waals surface area (Å²) in [6, 6.07) is 17.8. The van der Waals surface area contributed by atoms with Gasteiger partial charge in [0.15, 0.2) is 23.1 Å². The molecule has 1 aliphatic rings. The van der Waals surface area contributed by atoms with Crippen LogP contribution in [0.4, 0.5) is 22.7 Å². The fourth-order valence-corrected chi connectivity index (χ4v) is 4.68. The van der Waals surface area contributed by atoms with Crippen LogP contribution < -0.4 is 32.4 Å². The van der Waals surface area contributed by atoms with Gasteiger partial charge in [-0.25, -0.2) is 0 Å². The second-order valence-corrected chi connectivity index (χ2v) is 9.12. The van der Waals surface area contributed by atoms with Crippen molar-refractivity contribution in [1.82, 2.24) is 0 Å². The number of nitrogen functional groups attached to an aromatic ring is 4. The van der Waals surface area contributed by atoms with Crippen LogP contribution in [-0.4, -0.2) is 11.6 Å². The zero-order chi connectivity index (χ0) is 27.1. The van der Waals surface area contributed by atoms with E-state index in [1.807, 2.05) is 50.2 Å². The Labute approximate surface area is 220 Å². The van der Waals surface area contributed by atoms with Gasteiger partial charge < -0.3 is 32.4 Å². The number of fused-ring (bicyclic) bond motifs is 2. The van der Waals surface area contributed by atoms with Crippen LogP contribution in [0.25, 0.3) is 0 Å². The average Bonchev–Trinajstić information content (AvgIpc) is 2.91. The van der Waals surface area contributed by atoms with Crippen molar-refractivity contribution in [2.75, 3.05) is 22.9 Å². The Morgan fingerprint density at radius 1 is 0.579 bits per heavy atom. The number of benzene rings is 4. The van der Waals surface area contributed by atoms with E-state index in [0.29, 0.717) is 11.5 Å². The van der Waals surface area contributed by atoms with Gasteiger partial charge in [0.2, 0.25) is 0 Å². The fourth-order valence-electron chi connectivity index (χ4n) is 4.68. The molecule has 5 rings (SSSR count). The van der Waals surface area contributed by atoms with Crippen molar-refractivity contribution in [2.24, 2.45) is 0 Å². The maximum absolute atomic E-state index is 13.7. The molecule has 38 heavy (non-hydrogen) atoms. The smallest absolute Gasteiger partial charge is 0.198 e. The maximum Gasteiger partial charge on any atom is 0.198 e. The number of ketones is 2. The molecule has 4 aromatic carbocycles. The second-order valence-electron chi connectivity index (χ2n) is 9.12. The van der Waals surface area contributed by atoms with Gasteiger partial charge in [0, 0.05) is 23.5 Å². The Balaban J connectivity index is 1.60. The van der Waals surface area contributed by atoms with Gasteiger partial charge in [0.25, 0.3) is 0 Å². The molecule has 0 aromatic heterocycles. The standard InChI is InChI=1S/C30H28N4O4/c1-3-15-7-5-9-17(11-15)37-21-13-19(31)23-25(27(21)33)29(35)24-20(32)14-22(28(34)26(24)30(23)36)38-18-10-6-8-16(4-2)12-18/h5-14H,3-4,31-34H2,1-2H3. The summed E-state index contributed by atoms with van der Waals surface area (Å²) in [5, 5.41) is 0. The predicted molar refractivity (Wildman–Crippen MR) is 149 cm³/mol. The molecule has 8 heteroatoms. The summed E-state index contributed by atoms with van der Waals surface area (Å²) in [5.74, 6) is 0.277. The minimum absolute atomic E-state index is 0.00483. The molecule has 0 saturated heterocycles. The fraction of sp³-hybridized carbons (Fsp3) is 0.133. The van der Waals surface area contributed by atoms with E-state index in [2.05, 4.69) is 0 Å². The Morgan fingerprint density at radius 2 is 0.974 bits per heavy atom. The topological polar surface area (TPSA) is 157 Å². The molecule has 0 heterocycles. The Kier molecular flexibility index (Phi) is 6.16. The minimum atomic E-state index is -0.560. The number of nitrogens with two attached hydrogens (primary N) is 4. The SMILES string of the molecule is CCc1cccc(Oc2cc(N)c3c(c2N)C(=O)c2c(N)cc(Oc4cccc(CC)c4)c(N)c2C3=O)c1. The molecule has 1 aliphatic carbocycles. The summed E-state index contributed by atoms with van der Waals surface area (Å²) >= 11 is 0. The molecule has 0 fully saturated rings. The van der Waals surface area contributed by atoms with Gasteiger partial charge in [0.05, 0.1) is 33.6 Å². The van der Waals surface area contributed by atoms with E-state index >= 15 is 0 Å². The molecular formula is C30H28N4O4. The van der Waals surface area contributed by atoms with Crippen molar-refractivity contribution >= 4 is 34.3 Å². The van der Waals surface area contributed by atoms with E-state index in [4.69, 9.17) is 32.4 Å². The summed E-state index contributed by atoms with van der Waals surface area (Å²) in [5.41, 5.74) is 27.4. The zero-order valence-corrected chi connectivity index (χ0v) is 21.1. The first kappa shape index (κ1) is 24.7. The first-order valence-corrected chi connectivity index (χ1v) is 12.3. The minimum Gasteiger partial charge on any atom is -0.455 e. The van der Waals surface area contributed by atoms with E-state index in [1.165, 1.54) is 12.1 Å². The van der Waals surface area contributed by atoms with Crippen molar-refractivity contribution in [3.8, 4) is 23.0 Å². The number of aryl methyl sites for hydroxylation is 2. The molecule has 4 aromatic rings. The van der Waals surface area contributed by atoms with E-state index in [0.717, 1.165) is 24.0 Å². The third-order valence-electron chi connectivity index (χ3n) is 6.70. The van der Waals surface area contributed by atoms with Gasteiger partial charge >= 0.3 is 0 Å². The van der Waals surface area contributed by atoms with Gasteiger partial charge in [-0.05, 0) is 48.2 Å². The number of ether oxygens (including phenoxy) is 2. The van der Waals surface area contributed by atoms with Gasteiger partial charge in [0.1, 0.15) is 11.5 Å². The predicted octanol–water partition coefficient (Wildman–Crippen LogP) is 5.50. The first-order chi connectivity index (χ1) is 18.2.